The molecule has 150 valence electrons. The van der Waals surface area contributed by atoms with Crippen molar-refractivity contribution in [2.45, 2.75) is 19.3 Å². The maximum atomic E-state index is 6.03. The first-order valence-corrected chi connectivity index (χ1v) is 9.66. The van der Waals surface area contributed by atoms with Crippen molar-refractivity contribution in [2.75, 3.05) is 6.79 Å². The van der Waals surface area contributed by atoms with Crippen LogP contribution in [0.25, 0.3) is 23.0 Å². The number of rotatable bonds is 3. The van der Waals surface area contributed by atoms with Crippen molar-refractivity contribution in [3.8, 4) is 34.5 Å². The van der Waals surface area contributed by atoms with E-state index in [0.717, 1.165) is 16.8 Å². The molecule has 0 fully saturated rings. The van der Waals surface area contributed by atoms with Gasteiger partial charge in [0.1, 0.15) is 6.10 Å². The molecular weight excluding hydrogens is 410 g/mol. The topological polar surface area (TPSA) is 97.3 Å². The predicted molar refractivity (Wildman–Crippen MR) is 104 cm³/mol. The highest BCUT2D eigenvalue weighted by molar-refractivity contribution is 6.30. The van der Waals surface area contributed by atoms with Gasteiger partial charge in [-0.2, -0.15) is 4.98 Å². The Balaban J connectivity index is 1.27. The molecule has 0 radical (unpaired) electrons. The van der Waals surface area contributed by atoms with Crippen molar-refractivity contribution in [3.05, 3.63) is 58.7 Å². The monoisotopic (exact) mass is 423 g/mol. The Morgan fingerprint density at radius 2 is 1.90 bits per heavy atom. The van der Waals surface area contributed by atoms with E-state index in [4.69, 9.17) is 30.3 Å². The van der Waals surface area contributed by atoms with Gasteiger partial charge >= 0.3 is 0 Å². The summed E-state index contributed by atoms with van der Waals surface area (Å²) in [6.45, 7) is 1.08. The van der Waals surface area contributed by atoms with Crippen LogP contribution < -0.4 is 9.47 Å². The molecule has 4 aromatic rings. The summed E-state index contributed by atoms with van der Waals surface area (Å²) in [7, 11) is 0. The Morgan fingerprint density at radius 1 is 1.03 bits per heavy atom. The van der Waals surface area contributed by atoms with Crippen LogP contribution in [-0.4, -0.2) is 31.9 Å². The zero-order valence-electron chi connectivity index (χ0n) is 15.5. The van der Waals surface area contributed by atoms with Gasteiger partial charge in [0.2, 0.25) is 12.6 Å². The van der Waals surface area contributed by atoms with E-state index in [1.165, 1.54) is 0 Å². The number of nitrogens with zero attached hydrogens (tertiary/aromatic N) is 5. The molecule has 0 aliphatic carbocycles. The molecule has 2 aliphatic rings. The lowest BCUT2D eigenvalue weighted by Gasteiger charge is -2.24. The second kappa shape index (κ2) is 6.82. The first kappa shape index (κ1) is 17.4. The zero-order valence-corrected chi connectivity index (χ0v) is 16.2. The second-order valence-corrected chi connectivity index (χ2v) is 7.35. The lowest BCUT2D eigenvalue weighted by molar-refractivity contribution is -0.00112. The van der Waals surface area contributed by atoms with Gasteiger partial charge in [-0.1, -0.05) is 34.1 Å². The number of halogens is 1. The maximum Gasteiger partial charge on any atom is 0.258 e. The van der Waals surface area contributed by atoms with Crippen molar-refractivity contribution in [3.63, 3.8) is 0 Å². The number of fused-ring (bicyclic) bond motifs is 2. The second-order valence-electron chi connectivity index (χ2n) is 6.91. The minimum absolute atomic E-state index is 0.126. The van der Waals surface area contributed by atoms with E-state index in [-0.39, 0.29) is 12.9 Å². The summed E-state index contributed by atoms with van der Waals surface area (Å²) in [4.78, 5) is 4.48. The van der Waals surface area contributed by atoms with Crippen LogP contribution in [0.15, 0.2) is 47.0 Å². The molecule has 0 unspecified atom stereocenters. The van der Waals surface area contributed by atoms with Crippen molar-refractivity contribution in [2.24, 2.45) is 0 Å². The normalized spacial score (nSPS) is 17.2. The standard InChI is InChI=1S/C20H14ClN5O4/c21-13-4-1-11(2-5-13)17-8-26-14(9-27-17)18(23-25-26)19-22-20(30-24-19)12-3-6-15-16(7-12)29-10-28-15/h1-7,17H,8-10H2/t17-/m0/s1. The minimum Gasteiger partial charge on any atom is -0.454 e. The summed E-state index contributed by atoms with van der Waals surface area (Å²) < 4.78 is 24.0. The molecule has 0 saturated carbocycles. The average molecular weight is 424 g/mol. The number of hydrogen-bond donors (Lipinski definition) is 0. The van der Waals surface area contributed by atoms with Crippen LogP contribution in [0.2, 0.25) is 5.02 Å². The van der Waals surface area contributed by atoms with E-state index in [1.54, 1.807) is 6.07 Å². The van der Waals surface area contributed by atoms with Gasteiger partial charge in [0, 0.05) is 10.6 Å². The van der Waals surface area contributed by atoms with Crippen LogP contribution in [0.1, 0.15) is 17.4 Å². The van der Waals surface area contributed by atoms with Crippen molar-refractivity contribution >= 4 is 11.6 Å². The summed E-state index contributed by atoms with van der Waals surface area (Å²) in [6, 6.07) is 13.1. The minimum atomic E-state index is -0.126. The number of benzene rings is 2. The van der Waals surface area contributed by atoms with Crippen LogP contribution in [0.3, 0.4) is 0 Å². The molecule has 10 heteroatoms. The van der Waals surface area contributed by atoms with Gasteiger partial charge in [0.25, 0.3) is 5.89 Å². The molecule has 0 amide bonds. The van der Waals surface area contributed by atoms with Gasteiger partial charge < -0.3 is 18.7 Å². The fraction of sp³-hybridized carbons (Fsp3) is 0.200. The Morgan fingerprint density at radius 3 is 2.80 bits per heavy atom. The third-order valence-electron chi connectivity index (χ3n) is 5.10. The highest BCUT2D eigenvalue weighted by Crippen LogP contribution is 2.36. The van der Waals surface area contributed by atoms with Crippen LogP contribution in [0.5, 0.6) is 11.5 Å². The number of aromatic nitrogens is 5. The Kier molecular flexibility index (Phi) is 3.96. The Bertz CT molecular complexity index is 1240. The first-order valence-electron chi connectivity index (χ1n) is 9.28. The molecule has 2 aromatic carbocycles. The number of hydrogen-bond acceptors (Lipinski definition) is 8. The fourth-order valence-corrected chi connectivity index (χ4v) is 3.66. The molecule has 0 saturated heterocycles. The molecule has 1 atom stereocenters. The maximum absolute atomic E-state index is 6.03. The Hall–Kier alpha value is -3.43. The quantitative estimate of drug-likeness (QED) is 0.492. The van der Waals surface area contributed by atoms with Crippen molar-refractivity contribution < 1.29 is 18.7 Å². The van der Waals surface area contributed by atoms with Crippen molar-refractivity contribution in [1.29, 1.82) is 0 Å². The molecule has 0 N–H and O–H groups in total. The first-order chi connectivity index (χ1) is 14.7. The fourth-order valence-electron chi connectivity index (χ4n) is 3.53. The zero-order chi connectivity index (χ0) is 20.1. The molecule has 2 aliphatic heterocycles. The van der Waals surface area contributed by atoms with Gasteiger partial charge in [-0.3, -0.25) is 0 Å². The lowest BCUT2D eigenvalue weighted by Crippen LogP contribution is -2.22. The largest absolute Gasteiger partial charge is 0.454 e. The molecule has 0 spiro atoms. The van der Waals surface area contributed by atoms with Crippen LogP contribution in [0, 0.1) is 0 Å². The van der Waals surface area contributed by atoms with Crippen LogP contribution in [-0.2, 0) is 17.9 Å². The summed E-state index contributed by atoms with van der Waals surface area (Å²) in [5.74, 6) is 2.06. The van der Waals surface area contributed by atoms with Crippen molar-refractivity contribution in [1.82, 2.24) is 25.1 Å². The molecule has 6 rings (SSSR count). The molecule has 0 bridgehead atoms. The molecule has 9 nitrogen and oxygen atoms in total. The smallest absolute Gasteiger partial charge is 0.258 e. The molecule has 2 aromatic heterocycles. The van der Waals surface area contributed by atoms with E-state index in [9.17, 15) is 0 Å². The lowest BCUT2D eigenvalue weighted by atomic mass is 10.1. The van der Waals surface area contributed by atoms with Crippen LogP contribution in [0.4, 0.5) is 0 Å². The number of ether oxygens (including phenoxy) is 3. The van der Waals surface area contributed by atoms with E-state index in [2.05, 4.69) is 20.5 Å². The summed E-state index contributed by atoms with van der Waals surface area (Å²) >= 11 is 5.97. The summed E-state index contributed by atoms with van der Waals surface area (Å²) in [6.07, 6.45) is -0.126. The van der Waals surface area contributed by atoms with E-state index in [0.29, 0.717) is 47.1 Å². The third kappa shape index (κ3) is 2.90. The van der Waals surface area contributed by atoms with Gasteiger partial charge in [-0.05, 0) is 35.9 Å². The van der Waals surface area contributed by atoms with Gasteiger partial charge in [0.15, 0.2) is 17.2 Å². The molecule has 30 heavy (non-hydrogen) atoms. The average Bonchev–Trinajstić information content (AvgIpc) is 3.51. The highest BCUT2D eigenvalue weighted by Gasteiger charge is 2.28. The van der Waals surface area contributed by atoms with Gasteiger partial charge in [-0.25, -0.2) is 4.68 Å². The molecule has 4 heterocycles. The predicted octanol–water partition coefficient (Wildman–Crippen LogP) is 3.65. The van der Waals surface area contributed by atoms with Gasteiger partial charge in [0.05, 0.1) is 18.8 Å². The van der Waals surface area contributed by atoms with Gasteiger partial charge in [-0.15, -0.1) is 5.10 Å². The van der Waals surface area contributed by atoms with E-state index in [1.807, 2.05) is 41.1 Å². The van der Waals surface area contributed by atoms with E-state index >= 15 is 0 Å². The summed E-state index contributed by atoms with van der Waals surface area (Å²) in [5.41, 5.74) is 3.11. The third-order valence-corrected chi connectivity index (χ3v) is 5.35. The van der Waals surface area contributed by atoms with E-state index < -0.39 is 0 Å². The van der Waals surface area contributed by atoms with Crippen LogP contribution >= 0.6 is 11.6 Å². The summed E-state index contributed by atoms with van der Waals surface area (Å²) in [5, 5.41) is 13.3. The molecular formula is C20H14ClN5O4. The highest BCUT2D eigenvalue weighted by atomic mass is 35.5. The SMILES string of the molecule is Clc1ccc([C@@H]2Cn3nnc(-c4noc(-c5ccc6c(c5)OCO6)n4)c3CO2)cc1. The Labute approximate surface area is 175 Å².